The Morgan fingerprint density at radius 3 is 1.95 bits per heavy atom. The summed E-state index contributed by atoms with van der Waals surface area (Å²) >= 11 is 0. The van der Waals surface area contributed by atoms with Crippen molar-refractivity contribution in [2.45, 2.75) is 37.5 Å². The van der Waals surface area contributed by atoms with Crippen LogP contribution in [0.15, 0.2) is 112 Å². The van der Waals surface area contributed by atoms with E-state index in [1.165, 1.54) is 0 Å². The van der Waals surface area contributed by atoms with Gasteiger partial charge in [-0.15, -0.1) is 0 Å². The number of ether oxygens (including phenoxy) is 1. The lowest BCUT2D eigenvalue weighted by atomic mass is 9.80. The summed E-state index contributed by atoms with van der Waals surface area (Å²) < 4.78 is 8.53. The molecule has 1 N–H and O–H groups in total. The number of aromatic nitrogens is 2. The fourth-order valence-electron chi connectivity index (χ4n) is 5.55. The second kappa shape index (κ2) is 10.9. The van der Waals surface area contributed by atoms with Gasteiger partial charge >= 0.3 is 5.69 Å². The van der Waals surface area contributed by atoms with Gasteiger partial charge in [0.15, 0.2) is 0 Å². The molecule has 0 radical (unpaired) electrons. The maximum atomic E-state index is 12.6. The number of nitrogens with one attached hydrogen (secondary N) is 1. The van der Waals surface area contributed by atoms with Gasteiger partial charge in [0.05, 0.1) is 6.61 Å². The molecule has 192 valence electrons. The number of hydrogen-bond donors (Lipinski definition) is 1. The molecule has 0 spiro atoms. The second-order valence-corrected chi connectivity index (χ2v) is 9.73. The van der Waals surface area contributed by atoms with Gasteiger partial charge in [-0.3, -0.25) is 14.3 Å². The monoisotopic (exact) mass is 507 g/mol. The van der Waals surface area contributed by atoms with E-state index in [1.54, 1.807) is 17.7 Å². The summed E-state index contributed by atoms with van der Waals surface area (Å²) in [5.74, 6) is -0.134. The fourth-order valence-corrected chi connectivity index (χ4v) is 5.55. The van der Waals surface area contributed by atoms with Crippen LogP contribution in [0.4, 0.5) is 0 Å². The quantitative estimate of drug-likeness (QED) is 0.147. The lowest BCUT2D eigenvalue weighted by molar-refractivity contribution is -0.01000. The summed E-state index contributed by atoms with van der Waals surface area (Å²) in [6.07, 6.45) is 2.65. The van der Waals surface area contributed by atoms with Gasteiger partial charge in [0.1, 0.15) is 5.60 Å². The van der Waals surface area contributed by atoms with Gasteiger partial charge in [0, 0.05) is 28.8 Å². The minimum Gasteiger partial charge on any atom is -0.361 e. The molecule has 0 bridgehead atoms. The Labute approximate surface area is 220 Å². The minimum absolute atomic E-state index is 0.134. The van der Waals surface area contributed by atoms with Crippen LogP contribution in [0.5, 0.6) is 0 Å². The van der Waals surface area contributed by atoms with Crippen LogP contribution in [0.1, 0.15) is 41.1 Å². The largest absolute Gasteiger partial charge is 0.361 e. The van der Waals surface area contributed by atoms with Gasteiger partial charge in [-0.1, -0.05) is 96.1 Å². The molecule has 5 rings (SSSR count). The zero-order chi connectivity index (χ0) is 26.5. The van der Waals surface area contributed by atoms with Crippen molar-refractivity contribution in [3.8, 4) is 0 Å². The van der Waals surface area contributed by atoms with Gasteiger partial charge in [-0.25, -0.2) is 4.79 Å². The highest BCUT2D eigenvalue weighted by Crippen LogP contribution is 2.43. The first-order chi connectivity index (χ1) is 18.5. The summed E-state index contributed by atoms with van der Waals surface area (Å²) in [7, 11) is 0. The van der Waals surface area contributed by atoms with E-state index in [2.05, 4.69) is 51.4 Å². The fraction of sp³-hybridized carbons (Fsp3) is 0.267. The van der Waals surface area contributed by atoms with E-state index in [0.29, 0.717) is 25.0 Å². The van der Waals surface area contributed by atoms with E-state index in [0.717, 1.165) is 16.7 Å². The summed E-state index contributed by atoms with van der Waals surface area (Å²) in [5.41, 5.74) is 11.0. The molecule has 3 aromatic carbocycles. The highest BCUT2D eigenvalue weighted by Gasteiger charge is 2.41. The number of benzene rings is 3. The summed E-state index contributed by atoms with van der Waals surface area (Å²) in [4.78, 5) is 30.0. The molecular weight excluding hydrogens is 478 g/mol. The van der Waals surface area contributed by atoms with E-state index < -0.39 is 16.9 Å². The first kappa shape index (κ1) is 25.3. The lowest BCUT2D eigenvalue weighted by Crippen LogP contribution is -2.35. The maximum absolute atomic E-state index is 12.6. The van der Waals surface area contributed by atoms with Crippen LogP contribution in [0, 0.1) is 12.8 Å². The number of aryl methyl sites for hydroxylation is 1. The molecule has 1 aromatic heterocycles. The van der Waals surface area contributed by atoms with Crippen LogP contribution >= 0.6 is 0 Å². The molecule has 0 saturated heterocycles. The van der Waals surface area contributed by atoms with Crippen molar-refractivity contribution < 1.29 is 4.74 Å². The third kappa shape index (κ3) is 4.79. The summed E-state index contributed by atoms with van der Waals surface area (Å²) in [5, 5.41) is 4.08. The van der Waals surface area contributed by atoms with E-state index in [-0.39, 0.29) is 18.0 Å². The molecular formula is C30H29N5O3. The number of rotatable bonds is 8. The maximum Gasteiger partial charge on any atom is 0.328 e. The minimum atomic E-state index is -0.895. The number of aromatic amines is 1. The third-order valence-electron chi connectivity index (χ3n) is 7.43. The van der Waals surface area contributed by atoms with E-state index in [4.69, 9.17) is 4.74 Å². The second-order valence-electron chi connectivity index (χ2n) is 9.73. The molecule has 8 heteroatoms. The van der Waals surface area contributed by atoms with Gasteiger partial charge in [-0.2, -0.15) is 0 Å². The molecule has 1 heterocycles. The van der Waals surface area contributed by atoms with Gasteiger partial charge < -0.3 is 4.74 Å². The number of azide groups is 1. The Morgan fingerprint density at radius 2 is 1.45 bits per heavy atom. The van der Waals surface area contributed by atoms with Crippen LogP contribution in [0.2, 0.25) is 0 Å². The van der Waals surface area contributed by atoms with Crippen molar-refractivity contribution in [3.63, 3.8) is 0 Å². The van der Waals surface area contributed by atoms with E-state index in [1.807, 2.05) is 54.6 Å². The van der Waals surface area contributed by atoms with Crippen LogP contribution in [-0.2, 0) is 10.3 Å². The van der Waals surface area contributed by atoms with Crippen molar-refractivity contribution in [1.82, 2.24) is 9.55 Å². The van der Waals surface area contributed by atoms with Crippen molar-refractivity contribution >= 4 is 0 Å². The van der Waals surface area contributed by atoms with Crippen LogP contribution in [0.3, 0.4) is 0 Å². The lowest BCUT2D eigenvalue weighted by Gasteiger charge is -2.37. The van der Waals surface area contributed by atoms with Gasteiger partial charge in [0.2, 0.25) is 0 Å². The highest BCUT2D eigenvalue weighted by atomic mass is 16.5. The van der Waals surface area contributed by atoms with E-state index in [9.17, 15) is 15.1 Å². The molecule has 8 nitrogen and oxygen atoms in total. The summed E-state index contributed by atoms with van der Waals surface area (Å²) in [6.45, 7) is 1.97. The zero-order valence-corrected chi connectivity index (χ0v) is 21.1. The first-order valence-electron chi connectivity index (χ1n) is 12.7. The van der Waals surface area contributed by atoms with E-state index >= 15 is 0 Å². The highest BCUT2D eigenvalue weighted by molar-refractivity contribution is 5.47. The molecule has 0 amide bonds. The molecule has 1 saturated carbocycles. The van der Waals surface area contributed by atoms with Crippen molar-refractivity contribution in [1.29, 1.82) is 0 Å². The standard InChI is InChI=1S/C30H29N5O3/c1-21-19-35(29(37)32-28(21)36)26-17-22(27(18-26)33-34-31)20-38-30(23-11-5-2-6-12-23,24-13-7-3-8-14-24)25-15-9-4-10-16-25/h2-16,19,22,26-27H,17-18,20H2,1H3,(H,32,36,37)/t22-,26-,27+/m1/s1. The first-order valence-corrected chi connectivity index (χ1v) is 12.7. The zero-order valence-electron chi connectivity index (χ0n) is 21.1. The smallest absolute Gasteiger partial charge is 0.328 e. The Hall–Kier alpha value is -4.39. The molecule has 0 unspecified atom stereocenters. The normalized spacial score (nSPS) is 19.1. The average Bonchev–Trinajstić information content (AvgIpc) is 3.35. The molecule has 0 aliphatic heterocycles. The van der Waals surface area contributed by atoms with Crippen LogP contribution in [0.25, 0.3) is 10.4 Å². The van der Waals surface area contributed by atoms with Crippen molar-refractivity contribution in [2.24, 2.45) is 11.0 Å². The Kier molecular flexibility index (Phi) is 7.26. The molecule has 3 atom stereocenters. The predicted octanol–water partition coefficient (Wildman–Crippen LogP) is 5.48. The molecule has 1 aliphatic carbocycles. The Morgan fingerprint density at radius 1 is 0.921 bits per heavy atom. The Balaban J connectivity index is 1.54. The number of H-pyrrole nitrogens is 1. The predicted molar refractivity (Wildman–Crippen MR) is 146 cm³/mol. The van der Waals surface area contributed by atoms with Gasteiger partial charge in [0.25, 0.3) is 5.56 Å². The van der Waals surface area contributed by atoms with Gasteiger partial charge in [-0.05, 0) is 47.9 Å². The van der Waals surface area contributed by atoms with Crippen LogP contribution in [-0.4, -0.2) is 22.2 Å². The molecule has 1 aliphatic rings. The van der Waals surface area contributed by atoms with Crippen molar-refractivity contribution in [2.75, 3.05) is 6.61 Å². The Bertz CT molecular complexity index is 1450. The van der Waals surface area contributed by atoms with Crippen LogP contribution < -0.4 is 11.2 Å². The topological polar surface area (TPSA) is 113 Å². The number of hydrogen-bond acceptors (Lipinski definition) is 4. The average molecular weight is 508 g/mol. The summed E-state index contributed by atoms with van der Waals surface area (Å²) in [6, 6.07) is 29.7. The molecule has 1 fully saturated rings. The SMILES string of the molecule is Cc1cn([C@@H]2C[C@H](COC(c3ccccc3)(c3ccccc3)c3ccccc3)[C@@H](N=[N+]=[N-])C2)c(=O)[nH]c1=O. The van der Waals surface area contributed by atoms with Crippen molar-refractivity contribution in [3.05, 3.63) is 151 Å². The third-order valence-corrected chi connectivity index (χ3v) is 7.43. The molecule has 4 aromatic rings. The molecule has 38 heavy (non-hydrogen) atoms. The number of nitrogens with zero attached hydrogens (tertiary/aromatic N) is 4.